The zero-order valence-electron chi connectivity index (χ0n) is 12.1. The molecule has 2 heterocycles. The van der Waals surface area contributed by atoms with Crippen LogP contribution in [0.25, 0.3) is 0 Å². The van der Waals surface area contributed by atoms with E-state index in [0.29, 0.717) is 5.01 Å². The van der Waals surface area contributed by atoms with Crippen molar-refractivity contribution in [1.82, 2.24) is 9.71 Å². The number of carboxylic acids is 1. The first kappa shape index (κ1) is 16.7. The van der Waals surface area contributed by atoms with Gasteiger partial charge in [-0.05, 0) is 6.42 Å². The van der Waals surface area contributed by atoms with Crippen LogP contribution >= 0.6 is 11.3 Å². The smallest absolute Gasteiger partial charge is 0.371 e. The van der Waals surface area contributed by atoms with Crippen molar-refractivity contribution in [1.29, 1.82) is 0 Å². The van der Waals surface area contributed by atoms with Gasteiger partial charge in [0.15, 0.2) is 0 Å². The van der Waals surface area contributed by atoms with Crippen LogP contribution in [0.5, 0.6) is 0 Å². The minimum absolute atomic E-state index is 0.0593. The molecule has 0 aromatic carbocycles. The number of thiazole rings is 1. The summed E-state index contributed by atoms with van der Waals surface area (Å²) in [6, 6.07) is 1.03. The second-order valence-electron chi connectivity index (χ2n) is 4.46. The molecule has 120 valence electrons. The van der Waals surface area contributed by atoms with E-state index in [9.17, 15) is 13.2 Å². The molecular weight excluding hydrogens is 328 g/mol. The van der Waals surface area contributed by atoms with Crippen LogP contribution in [0.2, 0.25) is 0 Å². The number of carbonyl (C=O) groups is 1. The first-order chi connectivity index (χ1) is 10.4. The number of furan rings is 1. The molecule has 0 aliphatic carbocycles. The Hall–Kier alpha value is -1.71. The van der Waals surface area contributed by atoms with E-state index in [2.05, 4.69) is 9.71 Å². The van der Waals surface area contributed by atoms with Crippen LogP contribution in [0.3, 0.4) is 0 Å². The van der Waals surface area contributed by atoms with Crippen LogP contribution in [0.1, 0.15) is 40.0 Å². The third-order valence-corrected chi connectivity index (χ3v) is 5.55. The first-order valence-corrected chi connectivity index (χ1v) is 8.96. The van der Waals surface area contributed by atoms with E-state index in [1.54, 1.807) is 13.1 Å². The quantitative estimate of drug-likeness (QED) is 0.795. The van der Waals surface area contributed by atoms with Gasteiger partial charge in [0.25, 0.3) is 0 Å². The largest absolute Gasteiger partial charge is 0.475 e. The molecule has 7 nitrogen and oxygen atoms in total. The highest BCUT2D eigenvalue weighted by Crippen LogP contribution is 2.22. The minimum atomic E-state index is -3.85. The normalized spacial score (nSPS) is 11.7. The van der Waals surface area contributed by atoms with Gasteiger partial charge in [-0.1, -0.05) is 13.8 Å². The van der Waals surface area contributed by atoms with Gasteiger partial charge in [-0.2, -0.15) is 0 Å². The van der Waals surface area contributed by atoms with Gasteiger partial charge in [-0.15, -0.1) is 11.3 Å². The zero-order valence-corrected chi connectivity index (χ0v) is 13.8. The molecule has 0 aliphatic heterocycles. The van der Waals surface area contributed by atoms with Crippen molar-refractivity contribution < 1.29 is 22.7 Å². The summed E-state index contributed by atoms with van der Waals surface area (Å²) in [7, 11) is -3.85. The summed E-state index contributed by atoms with van der Waals surface area (Å²) in [4.78, 5) is 16.0. The zero-order chi connectivity index (χ0) is 16.3. The molecule has 2 aromatic rings. The van der Waals surface area contributed by atoms with Crippen molar-refractivity contribution in [2.75, 3.05) is 0 Å². The van der Waals surface area contributed by atoms with Gasteiger partial charge in [-0.25, -0.2) is 22.9 Å². The van der Waals surface area contributed by atoms with E-state index in [4.69, 9.17) is 9.52 Å². The molecule has 0 bridgehead atoms. The van der Waals surface area contributed by atoms with E-state index in [1.807, 2.05) is 6.92 Å². The molecule has 2 rings (SSSR count). The van der Waals surface area contributed by atoms with Crippen molar-refractivity contribution in [2.45, 2.75) is 38.1 Å². The number of rotatable bonds is 7. The van der Waals surface area contributed by atoms with Gasteiger partial charge < -0.3 is 9.52 Å². The van der Waals surface area contributed by atoms with Crippen LogP contribution < -0.4 is 4.72 Å². The molecule has 0 atom stereocenters. The van der Waals surface area contributed by atoms with Gasteiger partial charge in [0.05, 0.1) is 6.54 Å². The third-order valence-electron chi connectivity index (χ3n) is 2.95. The number of aromatic carboxylic acids is 1. The van der Waals surface area contributed by atoms with E-state index in [1.165, 1.54) is 11.3 Å². The number of hydrogen-bond acceptors (Lipinski definition) is 6. The van der Waals surface area contributed by atoms with Crippen molar-refractivity contribution in [2.24, 2.45) is 0 Å². The summed E-state index contributed by atoms with van der Waals surface area (Å²) in [6.07, 6.45) is 2.83. The molecule has 0 saturated heterocycles. The highest BCUT2D eigenvalue weighted by atomic mass is 32.2. The third kappa shape index (κ3) is 3.54. The van der Waals surface area contributed by atoms with Gasteiger partial charge in [0, 0.05) is 23.6 Å². The van der Waals surface area contributed by atoms with Crippen molar-refractivity contribution in [3.05, 3.63) is 33.7 Å². The lowest BCUT2D eigenvalue weighted by Crippen LogP contribution is -2.23. The van der Waals surface area contributed by atoms with Crippen molar-refractivity contribution in [3.8, 4) is 0 Å². The van der Waals surface area contributed by atoms with E-state index < -0.39 is 16.0 Å². The summed E-state index contributed by atoms with van der Waals surface area (Å²) in [5.41, 5.74) is 0. The Kier molecular flexibility index (Phi) is 4.99. The molecule has 0 aliphatic rings. The molecule has 0 amide bonds. The molecule has 0 fully saturated rings. The van der Waals surface area contributed by atoms with Gasteiger partial charge >= 0.3 is 5.97 Å². The molecule has 0 spiro atoms. The van der Waals surface area contributed by atoms with Crippen LogP contribution in [0.15, 0.2) is 21.6 Å². The monoisotopic (exact) mass is 344 g/mol. The summed E-state index contributed by atoms with van der Waals surface area (Å²) in [5, 5.41) is 9.56. The molecule has 2 N–H and O–H groups in total. The molecule has 2 aromatic heterocycles. The summed E-state index contributed by atoms with van der Waals surface area (Å²) < 4.78 is 32.1. The summed E-state index contributed by atoms with van der Waals surface area (Å²) >= 11 is 1.43. The summed E-state index contributed by atoms with van der Waals surface area (Å²) in [6.45, 7) is 3.75. The fourth-order valence-electron chi connectivity index (χ4n) is 1.82. The van der Waals surface area contributed by atoms with Crippen LogP contribution in [0.4, 0.5) is 0 Å². The van der Waals surface area contributed by atoms with Crippen LogP contribution in [-0.4, -0.2) is 24.5 Å². The number of sulfonamides is 1. The lowest BCUT2D eigenvalue weighted by molar-refractivity contribution is 0.0660. The number of aryl methyl sites for hydroxylation is 2. The average Bonchev–Trinajstić information content (AvgIpc) is 3.12. The van der Waals surface area contributed by atoms with Gasteiger partial charge in [0.1, 0.15) is 15.7 Å². The van der Waals surface area contributed by atoms with Crippen molar-refractivity contribution in [3.63, 3.8) is 0 Å². The Morgan fingerprint density at radius 1 is 1.41 bits per heavy atom. The Morgan fingerprint density at radius 3 is 2.68 bits per heavy atom. The predicted molar refractivity (Wildman–Crippen MR) is 80.6 cm³/mol. The fraction of sp³-hybridized carbons (Fsp3) is 0.385. The topological polar surface area (TPSA) is 110 Å². The molecular formula is C13H16N2O5S2. The lowest BCUT2D eigenvalue weighted by Gasteiger charge is -2.04. The van der Waals surface area contributed by atoms with E-state index in [0.717, 1.165) is 17.4 Å². The Morgan fingerprint density at radius 2 is 2.14 bits per heavy atom. The second-order valence-corrected chi connectivity index (χ2v) is 7.39. The number of aromatic nitrogens is 1. The Labute approximate surface area is 132 Å². The van der Waals surface area contributed by atoms with E-state index in [-0.39, 0.29) is 29.4 Å². The Balaban J connectivity index is 2.21. The van der Waals surface area contributed by atoms with Crippen molar-refractivity contribution >= 4 is 27.3 Å². The molecule has 22 heavy (non-hydrogen) atoms. The first-order valence-electron chi connectivity index (χ1n) is 6.66. The maximum absolute atomic E-state index is 12.3. The van der Waals surface area contributed by atoms with Gasteiger partial charge in [0.2, 0.25) is 15.8 Å². The number of nitrogens with one attached hydrogen (secondary N) is 1. The highest BCUT2D eigenvalue weighted by molar-refractivity contribution is 7.89. The standard InChI is InChI=1S/C13H16N2O5S2/c1-3-8-6-14-12(21-8)7-15-22(18,19)11-5-10(13(16)17)20-9(11)4-2/h5-6,15H,3-4,7H2,1-2H3,(H,16,17). The number of hydrogen-bond donors (Lipinski definition) is 2. The van der Waals surface area contributed by atoms with Crippen LogP contribution in [0, 0.1) is 0 Å². The second kappa shape index (κ2) is 6.59. The highest BCUT2D eigenvalue weighted by Gasteiger charge is 2.25. The summed E-state index contributed by atoms with van der Waals surface area (Å²) in [5.74, 6) is -1.57. The minimum Gasteiger partial charge on any atom is -0.475 e. The molecule has 9 heteroatoms. The Bertz CT molecular complexity index is 776. The molecule has 0 unspecified atom stereocenters. The lowest BCUT2D eigenvalue weighted by atomic mass is 10.3. The average molecular weight is 344 g/mol. The number of carboxylic acid groups (broad SMARTS) is 1. The maximum Gasteiger partial charge on any atom is 0.371 e. The maximum atomic E-state index is 12.3. The van der Waals surface area contributed by atoms with E-state index >= 15 is 0 Å². The SMILES string of the molecule is CCc1cnc(CNS(=O)(=O)c2cc(C(=O)O)oc2CC)s1. The van der Waals surface area contributed by atoms with Gasteiger partial charge in [-0.3, -0.25) is 0 Å². The predicted octanol–water partition coefficient (Wildman–Crippen LogP) is 2.04. The molecule has 0 saturated carbocycles. The number of nitrogens with zero attached hydrogens (tertiary/aromatic N) is 1. The molecule has 0 radical (unpaired) electrons. The van der Waals surface area contributed by atoms with Crippen LogP contribution in [-0.2, 0) is 29.4 Å². The fourth-order valence-corrected chi connectivity index (χ4v) is 3.94.